The number of carbonyl (C=O) groups is 2. The smallest absolute Gasteiger partial charge is 0.324 e. The molecule has 3 aliphatic rings. The van der Waals surface area contributed by atoms with Crippen LogP contribution in [0.25, 0.3) is 0 Å². The number of nitrogens with one attached hydrogen (secondary N) is 2. The molecular weight excluding hydrogens is 853 g/mol. The molecule has 3 fully saturated rings. The van der Waals surface area contributed by atoms with E-state index in [2.05, 4.69) is 10.6 Å². The van der Waals surface area contributed by atoms with Gasteiger partial charge < -0.3 is 69.5 Å². The summed E-state index contributed by atoms with van der Waals surface area (Å²) in [5.74, 6) is -2.97. The van der Waals surface area contributed by atoms with Crippen LogP contribution >= 0.6 is 0 Å². The van der Waals surface area contributed by atoms with Gasteiger partial charge in [0, 0.05) is 51.3 Å². The summed E-state index contributed by atoms with van der Waals surface area (Å²) in [7, 11) is 3.16. The van der Waals surface area contributed by atoms with Crippen molar-refractivity contribution >= 4 is 17.7 Å². The van der Waals surface area contributed by atoms with E-state index in [0.717, 1.165) is 6.42 Å². The molecule has 4 rings (SSSR count). The quantitative estimate of drug-likeness (QED) is 0.110. The van der Waals surface area contributed by atoms with Crippen LogP contribution in [0.15, 0.2) is 30.3 Å². The Morgan fingerprint density at radius 1 is 0.955 bits per heavy atom. The first-order valence-electron chi connectivity index (χ1n) is 24.3. The van der Waals surface area contributed by atoms with Gasteiger partial charge in [0.15, 0.2) is 12.6 Å². The van der Waals surface area contributed by atoms with E-state index in [1.165, 1.54) is 18.9 Å². The maximum absolute atomic E-state index is 14.5. The fourth-order valence-electron chi connectivity index (χ4n) is 10.4. The van der Waals surface area contributed by atoms with Gasteiger partial charge in [0.05, 0.1) is 42.0 Å². The van der Waals surface area contributed by atoms with Crippen LogP contribution in [0.2, 0.25) is 0 Å². The molecular formula is C49H86N4O13. The molecule has 0 saturated carbocycles. The summed E-state index contributed by atoms with van der Waals surface area (Å²) in [6.45, 7) is 22.8. The molecule has 0 radical (unpaired) electrons. The molecule has 3 heterocycles. The van der Waals surface area contributed by atoms with E-state index in [0.29, 0.717) is 31.7 Å². The van der Waals surface area contributed by atoms with E-state index in [1.54, 1.807) is 60.4 Å². The number of aliphatic hydroxyl groups is 5. The van der Waals surface area contributed by atoms with Crippen LogP contribution in [-0.2, 0) is 33.2 Å². The van der Waals surface area contributed by atoms with E-state index >= 15 is 0 Å². The average Bonchev–Trinajstić information content (AvgIpc) is 3.27. The summed E-state index contributed by atoms with van der Waals surface area (Å²) in [4.78, 5) is 31.8. The second-order valence-electron chi connectivity index (χ2n) is 20.2. The standard InChI is InChI=1S/C49H86N4O13/c1-15-23-50-28-49(60)34(9)63-38(26-47(49,11)61-14)65-40-31(6)42(46(10,58)25-29(4)27-51-33(8)41(55)48(12,59)37(16-2)64-43(56)32(40)7)66-44-39(54)36(24-30(5)62-44)52(13)45(57)53(17-3)35-21-19-18-20-22-35/h18-22,29-34,36-42,44,50-51,54-55,58-60H,15-17,23-28H2,1-14H3/t29-,30-,31+,32-,33-,34+,36+,37-,38+,39-,40+,41-,42-,44+,46-,47-,48-,49+/m1/s1. The summed E-state index contributed by atoms with van der Waals surface area (Å²) in [6.07, 6.45) is -8.36. The maximum Gasteiger partial charge on any atom is 0.324 e. The number of benzene rings is 1. The first-order valence-corrected chi connectivity index (χ1v) is 24.3. The third-order valence-electron chi connectivity index (χ3n) is 14.8. The number of hydrogen-bond donors (Lipinski definition) is 7. The lowest BCUT2D eigenvalue weighted by molar-refractivity contribution is -0.336. The molecule has 3 aliphatic heterocycles. The van der Waals surface area contributed by atoms with E-state index in [-0.39, 0.29) is 37.8 Å². The van der Waals surface area contributed by atoms with Crippen molar-refractivity contribution in [3.63, 3.8) is 0 Å². The first-order chi connectivity index (χ1) is 30.8. The van der Waals surface area contributed by atoms with Gasteiger partial charge in [-0.1, -0.05) is 45.9 Å². The number of urea groups is 1. The number of cyclic esters (lactones) is 1. The molecule has 0 bridgehead atoms. The van der Waals surface area contributed by atoms with E-state index < -0.39 is 108 Å². The highest BCUT2D eigenvalue weighted by atomic mass is 16.7. The van der Waals surface area contributed by atoms with Gasteiger partial charge in [-0.3, -0.25) is 9.69 Å². The van der Waals surface area contributed by atoms with Crippen molar-refractivity contribution in [1.29, 1.82) is 0 Å². The van der Waals surface area contributed by atoms with E-state index in [9.17, 15) is 35.1 Å². The fourth-order valence-corrected chi connectivity index (χ4v) is 10.4. The number of rotatable bonds is 13. The van der Waals surface area contributed by atoms with Crippen molar-refractivity contribution in [1.82, 2.24) is 15.5 Å². The minimum atomic E-state index is -1.86. The van der Waals surface area contributed by atoms with Crippen LogP contribution in [0.5, 0.6) is 0 Å². The molecule has 0 spiro atoms. The molecule has 2 amide bonds. The molecule has 1 aromatic carbocycles. The third kappa shape index (κ3) is 12.4. The molecule has 17 nitrogen and oxygen atoms in total. The van der Waals surface area contributed by atoms with Gasteiger partial charge in [0.25, 0.3) is 0 Å². The zero-order chi connectivity index (χ0) is 49.5. The second kappa shape index (κ2) is 23.4. The number of ether oxygens (including phenoxy) is 6. The number of aliphatic hydroxyl groups excluding tert-OH is 2. The van der Waals surface area contributed by atoms with Gasteiger partial charge in [0.2, 0.25) is 0 Å². The van der Waals surface area contributed by atoms with Gasteiger partial charge in [-0.2, -0.15) is 0 Å². The zero-order valence-electron chi connectivity index (χ0n) is 42.2. The van der Waals surface area contributed by atoms with Crippen molar-refractivity contribution < 1.29 is 63.5 Å². The highest BCUT2D eigenvalue weighted by Crippen LogP contribution is 2.43. The molecule has 18 atom stereocenters. The van der Waals surface area contributed by atoms with Gasteiger partial charge in [0.1, 0.15) is 35.1 Å². The van der Waals surface area contributed by atoms with Crippen LogP contribution in [0.1, 0.15) is 115 Å². The Morgan fingerprint density at radius 2 is 1.61 bits per heavy atom. The number of carbonyl (C=O) groups excluding carboxylic acids is 2. The minimum Gasteiger partial charge on any atom is -0.459 e. The Hall–Kier alpha value is -2.52. The second-order valence-corrected chi connectivity index (χ2v) is 20.2. The van der Waals surface area contributed by atoms with Crippen LogP contribution in [0.3, 0.4) is 0 Å². The normalized spacial score (nSPS) is 42.1. The molecule has 7 N–H and O–H groups in total. The van der Waals surface area contributed by atoms with Crippen molar-refractivity contribution in [2.45, 2.75) is 205 Å². The van der Waals surface area contributed by atoms with Crippen molar-refractivity contribution in [2.75, 3.05) is 45.2 Å². The SMILES string of the molecule is CCCNC[C@]1(O)[C@H](C)O[C@@H](O[C@H]2[C@H](C)[C@@H](O[C@@H]3O[C@H](C)C[C@H](N(C)C(=O)N(CC)c4ccccc4)[C@H]3O)[C@](C)(O)C[C@@H](C)CN[C@H](C)[C@@H](O)[C@](C)(O)[C@@H](CC)OC(=O)[C@@H]2C)C[C@@]1(C)OC. The number of likely N-dealkylation sites (N-methyl/N-ethyl adjacent to an activating group) is 1. The van der Waals surface area contributed by atoms with E-state index in [1.807, 2.05) is 58.0 Å². The Balaban J connectivity index is 1.80. The molecule has 380 valence electrons. The topological polar surface area (TPSA) is 221 Å². The Morgan fingerprint density at radius 3 is 2.20 bits per heavy atom. The molecule has 17 heteroatoms. The predicted molar refractivity (Wildman–Crippen MR) is 251 cm³/mol. The first kappa shape index (κ1) is 56.1. The molecule has 0 unspecified atom stereocenters. The number of anilines is 1. The molecule has 0 aromatic heterocycles. The lowest BCUT2D eigenvalue weighted by Crippen LogP contribution is -2.70. The number of nitrogens with zero attached hydrogens (tertiary/aromatic N) is 2. The van der Waals surface area contributed by atoms with Crippen LogP contribution in [0, 0.1) is 17.8 Å². The highest BCUT2D eigenvalue weighted by molar-refractivity contribution is 5.92. The fraction of sp³-hybridized carbons (Fsp3) is 0.837. The molecule has 3 saturated heterocycles. The number of para-hydroxylation sites is 1. The summed E-state index contributed by atoms with van der Waals surface area (Å²) in [6, 6.07) is 7.57. The summed E-state index contributed by atoms with van der Waals surface area (Å²) in [5.41, 5.74) is -5.50. The Kier molecular flexibility index (Phi) is 19.9. The van der Waals surface area contributed by atoms with Gasteiger partial charge in [-0.15, -0.1) is 0 Å². The van der Waals surface area contributed by atoms with Crippen LogP contribution < -0.4 is 15.5 Å². The van der Waals surface area contributed by atoms with Crippen LogP contribution in [-0.4, -0.2) is 173 Å². The summed E-state index contributed by atoms with van der Waals surface area (Å²) < 4.78 is 38.7. The molecule has 66 heavy (non-hydrogen) atoms. The maximum atomic E-state index is 14.5. The molecule has 1 aromatic rings. The van der Waals surface area contributed by atoms with Crippen LogP contribution in [0.4, 0.5) is 10.5 Å². The zero-order valence-corrected chi connectivity index (χ0v) is 42.2. The Labute approximate surface area is 394 Å². The summed E-state index contributed by atoms with van der Waals surface area (Å²) >= 11 is 0. The molecule has 0 aliphatic carbocycles. The number of amides is 2. The lowest BCUT2D eigenvalue weighted by Gasteiger charge is -2.53. The van der Waals surface area contributed by atoms with E-state index in [4.69, 9.17) is 28.4 Å². The monoisotopic (exact) mass is 939 g/mol. The number of esters is 1. The van der Waals surface area contributed by atoms with Crippen molar-refractivity contribution in [3.8, 4) is 0 Å². The lowest BCUT2D eigenvalue weighted by atomic mass is 9.75. The predicted octanol–water partition coefficient (Wildman–Crippen LogP) is 3.95. The van der Waals surface area contributed by atoms with Gasteiger partial charge in [-0.25, -0.2) is 4.79 Å². The van der Waals surface area contributed by atoms with Gasteiger partial charge in [-0.05, 0) is 112 Å². The number of methoxy groups -OCH3 is 1. The number of hydrogen-bond acceptors (Lipinski definition) is 15. The average molecular weight is 939 g/mol. The largest absolute Gasteiger partial charge is 0.459 e. The van der Waals surface area contributed by atoms with Crippen molar-refractivity contribution in [2.24, 2.45) is 17.8 Å². The van der Waals surface area contributed by atoms with Crippen molar-refractivity contribution in [3.05, 3.63) is 30.3 Å². The third-order valence-corrected chi connectivity index (χ3v) is 14.8. The Bertz CT molecular complexity index is 1680. The minimum absolute atomic E-state index is 0.0475. The van der Waals surface area contributed by atoms with Gasteiger partial charge >= 0.3 is 12.0 Å². The highest BCUT2D eigenvalue weighted by Gasteiger charge is 2.58. The summed E-state index contributed by atoms with van der Waals surface area (Å²) in [5, 5.41) is 67.0.